The maximum Gasteiger partial charge on any atom is 0.261 e. The number of ketones is 1. The molecule has 5 heteroatoms. The highest BCUT2D eigenvalue weighted by Gasteiger charge is 2.09. The molecule has 0 bridgehead atoms. The summed E-state index contributed by atoms with van der Waals surface area (Å²) in [5.74, 6) is -0.202. The molecule has 0 radical (unpaired) electrons. The van der Waals surface area contributed by atoms with E-state index in [4.69, 9.17) is 5.73 Å². The van der Waals surface area contributed by atoms with Crippen molar-refractivity contribution in [3.8, 4) is 0 Å². The Morgan fingerprint density at radius 2 is 2.29 bits per heavy atom. The highest BCUT2D eigenvalue weighted by atomic mass is 32.1. The quantitative estimate of drug-likeness (QED) is 0.719. The van der Waals surface area contributed by atoms with Gasteiger partial charge in [-0.15, -0.1) is 11.3 Å². The van der Waals surface area contributed by atoms with Crippen LogP contribution in [-0.2, 0) is 0 Å². The molecule has 0 aliphatic carbocycles. The molecule has 1 aromatic heterocycles. The number of thiophene rings is 1. The molecule has 0 aliphatic heterocycles. The number of rotatable bonds is 4. The summed E-state index contributed by atoms with van der Waals surface area (Å²) in [4.78, 5) is 22.9. The van der Waals surface area contributed by atoms with E-state index in [1.807, 2.05) is 0 Å². The summed E-state index contributed by atoms with van der Waals surface area (Å²) >= 11 is 1.26. The molecule has 4 nitrogen and oxygen atoms in total. The van der Waals surface area contributed by atoms with Crippen LogP contribution in [0, 0.1) is 0 Å². The van der Waals surface area contributed by atoms with Gasteiger partial charge in [0.15, 0.2) is 5.78 Å². The molecule has 0 spiro atoms. The first-order valence-electron chi connectivity index (χ1n) is 4.23. The summed E-state index contributed by atoms with van der Waals surface area (Å²) in [5, 5.41) is 4.32. The number of carbonyl (C=O) groups is 2. The van der Waals surface area contributed by atoms with Crippen LogP contribution in [-0.4, -0.2) is 24.8 Å². The van der Waals surface area contributed by atoms with E-state index in [9.17, 15) is 9.59 Å². The number of Topliss-reactive ketones (excluding diaryl/α,β-unsaturated/α-hetero) is 1. The molecule has 0 unspecified atom stereocenters. The number of hydrogen-bond donors (Lipinski definition) is 2. The lowest BCUT2D eigenvalue weighted by atomic mass is 10.2. The van der Waals surface area contributed by atoms with Gasteiger partial charge < -0.3 is 11.1 Å². The first-order valence-corrected chi connectivity index (χ1v) is 5.11. The third kappa shape index (κ3) is 2.65. The third-order valence-electron chi connectivity index (χ3n) is 1.66. The van der Waals surface area contributed by atoms with Gasteiger partial charge in [-0.1, -0.05) is 0 Å². The highest BCUT2D eigenvalue weighted by Crippen LogP contribution is 2.14. The van der Waals surface area contributed by atoms with Crippen LogP contribution in [0.1, 0.15) is 27.0 Å². The predicted molar refractivity (Wildman–Crippen MR) is 55.7 cm³/mol. The number of nitrogens with one attached hydrogen (secondary N) is 1. The molecular weight excluding hydrogens is 200 g/mol. The van der Waals surface area contributed by atoms with Gasteiger partial charge in [-0.05, 0) is 13.0 Å². The van der Waals surface area contributed by atoms with E-state index in [1.165, 1.54) is 18.3 Å². The van der Waals surface area contributed by atoms with E-state index in [2.05, 4.69) is 5.32 Å². The largest absolute Gasteiger partial charge is 0.350 e. The van der Waals surface area contributed by atoms with Crippen LogP contribution in [0.2, 0.25) is 0 Å². The van der Waals surface area contributed by atoms with Crippen molar-refractivity contribution in [2.75, 3.05) is 13.1 Å². The van der Waals surface area contributed by atoms with E-state index in [0.29, 0.717) is 23.5 Å². The molecule has 1 rings (SSSR count). The molecule has 1 heterocycles. The van der Waals surface area contributed by atoms with Gasteiger partial charge in [0, 0.05) is 24.0 Å². The Labute approximate surface area is 86.1 Å². The average Bonchev–Trinajstić information content (AvgIpc) is 2.62. The molecule has 0 atom stereocenters. The molecule has 3 N–H and O–H groups in total. The van der Waals surface area contributed by atoms with Crippen molar-refractivity contribution in [1.29, 1.82) is 0 Å². The molecular formula is C9H12N2O2S. The third-order valence-corrected chi connectivity index (χ3v) is 2.59. The fourth-order valence-corrected chi connectivity index (χ4v) is 1.77. The van der Waals surface area contributed by atoms with Gasteiger partial charge >= 0.3 is 0 Å². The number of amides is 1. The minimum Gasteiger partial charge on any atom is -0.350 e. The highest BCUT2D eigenvalue weighted by molar-refractivity contribution is 7.12. The molecule has 0 aromatic carbocycles. The molecule has 0 saturated carbocycles. The lowest BCUT2D eigenvalue weighted by Crippen LogP contribution is -2.28. The van der Waals surface area contributed by atoms with Gasteiger partial charge in [0.2, 0.25) is 0 Å². The molecule has 0 aliphatic rings. The maximum atomic E-state index is 11.4. The van der Waals surface area contributed by atoms with Crippen LogP contribution in [0.15, 0.2) is 11.4 Å². The van der Waals surface area contributed by atoms with Gasteiger partial charge in [0.05, 0.1) is 4.88 Å². The van der Waals surface area contributed by atoms with Gasteiger partial charge in [0.25, 0.3) is 5.91 Å². The molecule has 0 saturated heterocycles. The topological polar surface area (TPSA) is 72.2 Å². The van der Waals surface area contributed by atoms with Crippen molar-refractivity contribution in [3.05, 3.63) is 21.9 Å². The lowest BCUT2D eigenvalue weighted by Gasteiger charge is -1.99. The van der Waals surface area contributed by atoms with Crippen LogP contribution < -0.4 is 11.1 Å². The first kappa shape index (κ1) is 10.9. The SMILES string of the molecule is CC(=O)c1csc(C(=O)NCCN)c1. The van der Waals surface area contributed by atoms with Crippen molar-refractivity contribution in [2.24, 2.45) is 5.73 Å². The summed E-state index contributed by atoms with van der Waals surface area (Å²) in [7, 11) is 0. The standard InChI is InChI=1S/C9H12N2O2S/c1-6(12)7-4-8(14-5-7)9(13)11-3-2-10/h4-5H,2-3,10H2,1H3,(H,11,13). The number of hydrogen-bond acceptors (Lipinski definition) is 4. The minimum absolute atomic E-state index is 0.0286. The van der Waals surface area contributed by atoms with Crippen molar-refractivity contribution in [2.45, 2.75) is 6.92 Å². The fraction of sp³-hybridized carbons (Fsp3) is 0.333. The monoisotopic (exact) mass is 212 g/mol. The second-order valence-electron chi connectivity index (χ2n) is 2.80. The molecule has 14 heavy (non-hydrogen) atoms. The van der Waals surface area contributed by atoms with Crippen LogP contribution in [0.5, 0.6) is 0 Å². The van der Waals surface area contributed by atoms with E-state index >= 15 is 0 Å². The van der Waals surface area contributed by atoms with Crippen LogP contribution in [0.4, 0.5) is 0 Å². The summed E-state index contributed by atoms with van der Waals surface area (Å²) < 4.78 is 0. The normalized spacial score (nSPS) is 9.86. The van der Waals surface area contributed by atoms with Crippen molar-refractivity contribution < 1.29 is 9.59 Å². The Bertz CT molecular complexity index is 346. The Balaban J connectivity index is 2.66. The van der Waals surface area contributed by atoms with E-state index < -0.39 is 0 Å². The summed E-state index contributed by atoms with van der Waals surface area (Å²) in [6.07, 6.45) is 0. The zero-order valence-electron chi connectivity index (χ0n) is 7.87. The summed E-state index contributed by atoms with van der Waals surface area (Å²) in [6, 6.07) is 1.60. The Hall–Kier alpha value is -1.20. The van der Waals surface area contributed by atoms with Crippen LogP contribution >= 0.6 is 11.3 Å². The summed E-state index contributed by atoms with van der Waals surface area (Å²) in [5.41, 5.74) is 5.82. The second-order valence-corrected chi connectivity index (χ2v) is 3.71. The van der Waals surface area contributed by atoms with Gasteiger partial charge in [0.1, 0.15) is 0 Å². The molecule has 1 amide bonds. The number of carbonyl (C=O) groups excluding carboxylic acids is 2. The van der Waals surface area contributed by atoms with Gasteiger partial charge in [-0.3, -0.25) is 9.59 Å². The van der Waals surface area contributed by atoms with Crippen molar-refractivity contribution in [3.63, 3.8) is 0 Å². The van der Waals surface area contributed by atoms with E-state index in [0.717, 1.165) is 0 Å². The zero-order valence-corrected chi connectivity index (χ0v) is 8.69. The Kier molecular flexibility index (Phi) is 3.79. The minimum atomic E-state index is -0.173. The van der Waals surface area contributed by atoms with Crippen molar-refractivity contribution in [1.82, 2.24) is 5.32 Å². The molecule has 76 valence electrons. The molecule has 0 fully saturated rings. The van der Waals surface area contributed by atoms with Crippen LogP contribution in [0.3, 0.4) is 0 Å². The lowest BCUT2D eigenvalue weighted by molar-refractivity contribution is 0.0958. The van der Waals surface area contributed by atoms with E-state index in [-0.39, 0.29) is 11.7 Å². The van der Waals surface area contributed by atoms with Gasteiger partial charge in [-0.2, -0.15) is 0 Å². The first-order chi connectivity index (χ1) is 6.65. The Morgan fingerprint density at radius 3 is 2.79 bits per heavy atom. The zero-order chi connectivity index (χ0) is 10.6. The molecule has 1 aromatic rings. The van der Waals surface area contributed by atoms with Gasteiger partial charge in [-0.25, -0.2) is 0 Å². The maximum absolute atomic E-state index is 11.4. The Morgan fingerprint density at radius 1 is 1.57 bits per heavy atom. The van der Waals surface area contributed by atoms with Crippen LogP contribution in [0.25, 0.3) is 0 Å². The second kappa shape index (κ2) is 4.88. The van der Waals surface area contributed by atoms with Crippen molar-refractivity contribution >= 4 is 23.0 Å². The fourth-order valence-electron chi connectivity index (χ4n) is 0.913. The summed E-state index contributed by atoms with van der Waals surface area (Å²) in [6.45, 7) is 2.34. The van der Waals surface area contributed by atoms with E-state index in [1.54, 1.807) is 11.4 Å². The number of nitrogens with two attached hydrogens (primary N) is 1. The predicted octanol–water partition coefficient (Wildman–Crippen LogP) is 0.639. The smallest absolute Gasteiger partial charge is 0.261 e. The average molecular weight is 212 g/mol.